The standard InChI is InChI=1S/C34H38FN5O4/c1-3-28(24-11-6-4-7-12-24)38-40(34(36)41)25-13-14-31(27(35)21-25)44-30-15-16-37-29-23-33(32(42-2)22-26(29)30)43-20-10-19-39-17-8-5-9-18-39/h4,6-7,11-16,21-23H,3,5,8-10,17-20H2,1-2H3,(H2,36,41)/b38-28+. The zero-order chi connectivity index (χ0) is 30.9. The van der Waals surface area contributed by atoms with Crippen molar-refractivity contribution < 1.29 is 23.4 Å². The van der Waals surface area contributed by atoms with E-state index in [1.54, 1.807) is 25.4 Å². The van der Waals surface area contributed by atoms with Gasteiger partial charge in [-0.15, -0.1) is 0 Å². The van der Waals surface area contributed by atoms with E-state index in [0.717, 1.165) is 36.6 Å². The lowest BCUT2D eigenvalue weighted by Gasteiger charge is -2.26. The Hall–Kier alpha value is -4.70. The molecule has 1 aromatic heterocycles. The van der Waals surface area contributed by atoms with Crippen molar-refractivity contribution in [1.82, 2.24) is 9.88 Å². The number of hydrogen-bond acceptors (Lipinski definition) is 7. The lowest BCUT2D eigenvalue weighted by molar-refractivity contribution is 0.203. The summed E-state index contributed by atoms with van der Waals surface area (Å²) in [5.74, 6) is 0.786. The number of hydrogen-bond donors (Lipinski definition) is 1. The Bertz CT molecular complexity index is 1610. The van der Waals surface area contributed by atoms with Gasteiger partial charge in [-0.25, -0.2) is 9.18 Å². The topological polar surface area (TPSA) is 103 Å². The Morgan fingerprint density at radius 1 is 1.00 bits per heavy atom. The predicted molar refractivity (Wildman–Crippen MR) is 171 cm³/mol. The summed E-state index contributed by atoms with van der Waals surface area (Å²) in [7, 11) is 1.58. The number of nitrogens with zero attached hydrogens (tertiary/aromatic N) is 4. The summed E-state index contributed by atoms with van der Waals surface area (Å²) < 4.78 is 33.1. The van der Waals surface area contributed by atoms with Crippen LogP contribution < -0.4 is 25.0 Å². The van der Waals surface area contributed by atoms with E-state index in [1.165, 1.54) is 37.5 Å². The van der Waals surface area contributed by atoms with Crippen LogP contribution in [-0.4, -0.2) is 55.0 Å². The van der Waals surface area contributed by atoms with Crippen LogP contribution in [0.3, 0.4) is 0 Å². The summed E-state index contributed by atoms with van der Waals surface area (Å²) in [5.41, 5.74) is 7.90. The Morgan fingerprint density at radius 2 is 1.80 bits per heavy atom. The monoisotopic (exact) mass is 599 g/mol. The van der Waals surface area contributed by atoms with E-state index in [0.29, 0.717) is 46.9 Å². The lowest BCUT2D eigenvalue weighted by atomic mass is 10.1. The highest BCUT2D eigenvalue weighted by Crippen LogP contribution is 2.38. The van der Waals surface area contributed by atoms with Gasteiger partial charge in [0.15, 0.2) is 23.1 Å². The molecule has 0 bridgehead atoms. The van der Waals surface area contributed by atoms with Crippen molar-refractivity contribution in [3.05, 3.63) is 84.3 Å². The molecule has 1 saturated heterocycles. The molecule has 9 nitrogen and oxygen atoms in total. The Labute approximate surface area is 257 Å². The van der Waals surface area contributed by atoms with Gasteiger partial charge in [-0.1, -0.05) is 43.7 Å². The van der Waals surface area contributed by atoms with E-state index in [2.05, 4.69) is 15.0 Å². The minimum Gasteiger partial charge on any atom is -0.493 e. The summed E-state index contributed by atoms with van der Waals surface area (Å²) in [6, 6.07) is 18.0. The molecule has 0 radical (unpaired) electrons. The second-order valence-electron chi connectivity index (χ2n) is 10.6. The first-order valence-electron chi connectivity index (χ1n) is 15.0. The van der Waals surface area contributed by atoms with Gasteiger partial charge >= 0.3 is 6.03 Å². The van der Waals surface area contributed by atoms with Crippen molar-refractivity contribution in [2.45, 2.75) is 39.0 Å². The molecule has 10 heteroatoms. The second-order valence-corrected chi connectivity index (χ2v) is 10.6. The number of piperidine rings is 1. The molecule has 0 unspecified atom stereocenters. The fraction of sp³-hybridized carbons (Fsp3) is 0.324. The minimum atomic E-state index is -0.836. The molecule has 4 aromatic rings. The summed E-state index contributed by atoms with van der Waals surface area (Å²) in [4.78, 5) is 19.3. The molecular formula is C34H38FN5O4. The number of amides is 2. The van der Waals surface area contributed by atoms with Crippen molar-refractivity contribution in [3.8, 4) is 23.0 Å². The van der Waals surface area contributed by atoms with Crippen LogP contribution in [-0.2, 0) is 0 Å². The van der Waals surface area contributed by atoms with Crippen molar-refractivity contribution in [2.75, 3.05) is 38.4 Å². The highest BCUT2D eigenvalue weighted by molar-refractivity contribution is 6.03. The number of carbonyl (C=O) groups is 1. The van der Waals surface area contributed by atoms with Gasteiger partial charge in [-0.05, 0) is 68.6 Å². The maximum Gasteiger partial charge on any atom is 0.340 e. The highest BCUT2D eigenvalue weighted by atomic mass is 19.1. The molecule has 2 N–H and O–H groups in total. The van der Waals surface area contributed by atoms with Crippen LogP contribution in [0.1, 0.15) is 44.6 Å². The zero-order valence-corrected chi connectivity index (χ0v) is 25.2. The number of likely N-dealkylation sites (tertiary alicyclic amines) is 1. The van der Waals surface area contributed by atoms with E-state index >= 15 is 4.39 Å². The van der Waals surface area contributed by atoms with E-state index < -0.39 is 11.8 Å². The lowest BCUT2D eigenvalue weighted by Crippen LogP contribution is -2.32. The van der Waals surface area contributed by atoms with Gasteiger partial charge in [-0.3, -0.25) is 4.98 Å². The number of nitrogens with two attached hydrogens (primary N) is 1. The fourth-order valence-corrected chi connectivity index (χ4v) is 5.28. The number of carbonyl (C=O) groups excluding carboxylic acids is 1. The number of aromatic nitrogens is 1. The number of methoxy groups -OCH3 is 1. The van der Waals surface area contributed by atoms with Gasteiger partial charge in [0.25, 0.3) is 0 Å². The third-order valence-electron chi connectivity index (χ3n) is 7.56. The number of pyridine rings is 1. The summed E-state index contributed by atoms with van der Waals surface area (Å²) in [6.45, 7) is 5.79. The third kappa shape index (κ3) is 7.44. The number of halogens is 1. The maximum atomic E-state index is 15.4. The van der Waals surface area contributed by atoms with Gasteiger partial charge in [-0.2, -0.15) is 10.1 Å². The number of primary amides is 1. The first kappa shape index (κ1) is 30.7. The normalized spacial score (nSPS) is 13.9. The Balaban J connectivity index is 1.33. The van der Waals surface area contributed by atoms with Gasteiger partial charge in [0.2, 0.25) is 0 Å². The quantitative estimate of drug-likeness (QED) is 0.106. The smallest absolute Gasteiger partial charge is 0.340 e. The van der Waals surface area contributed by atoms with Gasteiger partial charge in [0.1, 0.15) is 5.75 Å². The first-order chi connectivity index (χ1) is 21.5. The van der Waals surface area contributed by atoms with E-state index in [4.69, 9.17) is 19.9 Å². The number of rotatable bonds is 12. The molecule has 230 valence electrons. The number of anilines is 1. The van der Waals surface area contributed by atoms with Crippen LogP contribution in [0, 0.1) is 5.82 Å². The largest absolute Gasteiger partial charge is 0.493 e. The van der Waals surface area contributed by atoms with Gasteiger partial charge < -0.3 is 24.8 Å². The summed E-state index contributed by atoms with van der Waals surface area (Å²) >= 11 is 0. The number of urea groups is 1. The van der Waals surface area contributed by atoms with Crippen molar-refractivity contribution in [3.63, 3.8) is 0 Å². The molecule has 2 heterocycles. The maximum absolute atomic E-state index is 15.4. The first-order valence-corrected chi connectivity index (χ1v) is 15.0. The molecule has 2 amide bonds. The van der Waals surface area contributed by atoms with Crippen LogP contribution >= 0.6 is 0 Å². The van der Waals surface area contributed by atoms with Crippen LogP contribution in [0.2, 0.25) is 0 Å². The minimum absolute atomic E-state index is 0.0366. The average molecular weight is 600 g/mol. The molecule has 0 saturated carbocycles. The third-order valence-corrected chi connectivity index (χ3v) is 7.56. The number of ether oxygens (including phenoxy) is 3. The van der Waals surface area contributed by atoms with Crippen LogP contribution in [0.4, 0.5) is 14.9 Å². The molecule has 1 aliphatic rings. The fourth-order valence-electron chi connectivity index (χ4n) is 5.28. The summed E-state index contributed by atoms with van der Waals surface area (Å²) in [6.07, 6.45) is 6.89. The van der Waals surface area contributed by atoms with Crippen molar-refractivity contribution >= 4 is 28.3 Å². The molecule has 0 spiro atoms. The molecule has 44 heavy (non-hydrogen) atoms. The van der Waals surface area contributed by atoms with Crippen molar-refractivity contribution in [2.24, 2.45) is 10.8 Å². The molecule has 5 rings (SSSR count). The van der Waals surface area contributed by atoms with E-state index in [1.807, 2.05) is 43.3 Å². The number of hydrazone groups is 1. The van der Waals surface area contributed by atoms with Crippen molar-refractivity contribution in [1.29, 1.82) is 0 Å². The average Bonchev–Trinajstić information content (AvgIpc) is 3.05. The Kier molecular flexibility index (Phi) is 10.2. The van der Waals surface area contributed by atoms with Crippen LogP contribution in [0.5, 0.6) is 23.0 Å². The van der Waals surface area contributed by atoms with Gasteiger partial charge in [0, 0.05) is 30.3 Å². The van der Waals surface area contributed by atoms with Gasteiger partial charge in [0.05, 0.1) is 30.6 Å². The molecule has 1 fully saturated rings. The van der Waals surface area contributed by atoms with E-state index in [9.17, 15) is 4.79 Å². The van der Waals surface area contributed by atoms with Crippen LogP contribution in [0.15, 0.2) is 78.0 Å². The molecular weight excluding hydrogens is 561 g/mol. The number of fused-ring (bicyclic) bond motifs is 1. The highest BCUT2D eigenvalue weighted by Gasteiger charge is 2.18. The molecule has 0 aliphatic carbocycles. The summed E-state index contributed by atoms with van der Waals surface area (Å²) in [5, 5.41) is 6.06. The molecule has 1 aliphatic heterocycles. The SMILES string of the molecule is CC/C(=N\N(C(N)=O)c1ccc(Oc2ccnc3cc(OCCCN4CCCCC4)c(OC)cc23)c(F)c1)c1ccccc1. The zero-order valence-electron chi connectivity index (χ0n) is 25.2. The number of benzene rings is 3. The second kappa shape index (κ2) is 14.7. The molecule has 3 aromatic carbocycles. The van der Waals surface area contributed by atoms with E-state index in [-0.39, 0.29) is 11.4 Å². The predicted octanol–water partition coefficient (Wildman–Crippen LogP) is 7.13. The molecule has 0 atom stereocenters. The Morgan fingerprint density at radius 3 is 2.50 bits per heavy atom. The van der Waals surface area contributed by atoms with Crippen LogP contribution in [0.25, 0.3) is 10.9 Å².